The van der Waals surface area contributed by atoms with E-state index >= 15 is 0 Å². The van der Waals surface area contributed by atoms with E-state index in [4.69, 9.17) is 16.3 Å². The summed E-state index contributed by atoms with van der Waals surface area (Å²) in [6.07, 6.45) is 1.22. The van der Waals surface area contributed by atoms with Gasteiger partial charge < -0.3 is 9.84 Å². The van der Waals surface area contributed by atoms with Gasteiger partial charge in [-0.2, -0.15) is 9.61 Å². The smallest absolute Gasteiger partial charge is 0.357 e. The Bertz CT molecular complexity index is 956. The van der Waals surface area contributed by atoms with Gasteiger partial charge in [0, 0.05) is 12.5 Å². The van der Waals surface area contributed by atoms with Crippen LogP contribution in [0.2, 0.25) is 5.02 Å². The van der Waals surface area contributed by atoms with Crippen molar-refractivity contribution in [1.82, 2.24) is 14.6 Å². The first kappa shape index (κ1) is 17.2. The molecule has 3 aromatic rings. The third-order valence-electron chi connectivity index (χ3n) is 3.51. The number of carbonyl (C=O) groups is 1. The summed E-state index contributed by atoms with van der Waals surface area (Å²) in [6.45, 7) is 3.43. The summed E-state index contributed by atoms with van der Waals surface area (Å²) < 4.78 is 19.8. The molecule has 3 rings (SSSR count). The summed E-state index contributed by atoms with van der Waals surface area (Å²) in [6, 6.07) is 5.73. The van der Waals surface area contributed by atoms with Gasteiger partial charge in [0.2, 0.25) is 5.88 Å². The Kier molecular flexibility index (Phi) is 4.59. The molecule has 0 atom stereocenters. The number of rotatable bonds is 4. The Balaban J connectivity index is 2.11. The van der Waals surface area contributed by atoms with Crippen LogP contribution in [0.3, 0.4) is 0 Å². The fourth-order valence-corrected chi connectivity index (χ4v) is 2.62. The molecule has 0 aliphatic heterocycles. The number of hydrogen-bond acceptors (Lipinski definition) is 5. The first-order valence-corrected chi connectivity index (χ1v) is 7.95. The number of aromatic hydroxyl groups is 1. The van der Waals surface area contributed by atoms with Gasteiger partial charge in [-0.1, -0.05) is 17.7 Å². The van der Waals surface area contributed by atoms with Gasteiger partial charge in [0.25, 0.3) is 0 Å². The van der Waals surface area contributed by atoms with E-state index in [1.807, 2.05) is 0 Å². The third kappa shape index (κ3) is 3.41. The quantitative estimate of drug-likeness (QED) is 0.719. The Morgan fingerprint density at radius 1 is 1.40 bits per heavy atom. The minimum atomic E-state index is -0.655. The van der Waals surface area contributed by atoms with Crippen LogP contribution in [-0.2, 0) is 11.2 Å². The molecule has 0 unspecified atom stereocenters. The molecule has 6 nitrogen and oxygen atoms in total. The van der Waals surface area contributed by atoms with Gasteiger partial charge >= 0.3 is 5.97 Å². The van der Waals surface area contributed by atoms with Gasteiger partial charge in [0.1, 0.15) is 5.82 Å². The van der Waals surface area contributed by atoms with Crippen molar-refractivity contribution in [1.29, 1.82) is 0 Å². The molecular weight excluding hydrogens is 349 g/mol. The number of benzene rings is 1. The Morgan fingerprint density at radius 2 is 2.16 bits per heavy atom. The molecule has 0 amide bonds. The Labute approximate surface area is 147 Å². The number of hydrogen-bond donors (Lipinski definition) is 1. The zero-order chi connectivity index (χ0) is 18.1. The lowest BCUT2D eigenvalue weighted by Crippen LogP contribution is -2.17. The van der Waals surface area contributed by atoms with Crippen LogP contribution in [0.15, 0.2) is 30.5 Å². The van der Waals surface area contributed by atoms with Gasteiger partial charge in [-0.3, -0.25) is 0 Å². The summed E-state index contributed by atoms with van der Waals surface area (Å²) in [5.41, 5.74) is 1.13. The molecule has 1 aromatic carbocycles. The van der Waals surface area contributed by atoms with Crippen molar-refractivity contribution in [3.8, 4) is 5.88 Å². The normalized spacial score (nSPS) is 11.2. The highest BCUT2D eigenvalue weighted by molar-refractivity contribution is 6.30. The summed E-state index contributed by atoms with van der Waals surface area (Å²) in [5, 5.41) is 14.5. The van der Waals surface area contributed by atoms with E-state index in [1.54, 1.807) is 19.9 Å². The van der Waals surface area contributed by atoms with E-state index in [-0.39, 0.29) is 34.7 Å². The largest absolute Gasteiger partial charge is 0.493 e. The van der Waals surface area contributed by atoms with Crippen molar-refractivity contribution in [2.45, 2.75) is 26.4 Å². The summed E-state index contributed by atoms with van der Waals surface area (Å²) in [4.78, 5) is 16.6. The number of fused-ring (bicyclic) bond motifs is 1. The van der Waals surface area contributed by atoms with E-state index in [2.05, 4.69) is 10.1 Å². The monoisotopic (exact) mass is 363 g/mol. The van der Waals surface area contributed by atoms with Crippen LogP contribution >= 0.6 is 11.6 Å². The molecule has 2 heterocycles. The van der Waals surface area contributed by atoms with E-state index in [9.17, 15) is 14.3 Å². The molecule has 0 spiro atoms. The van der Waals surface area contributed by atoms with Crippen LogP contribution in [0.5, 0.6) is 5.88 Å². The number of carbonyl (C=O) groups excluding carboxylic acids is 1. The summed E-state index contributed by atoms with van der Waals surface area (Å²) in [5.74, 6) is -1.43. The molecule has 2 aromatic heterocycles. The van der Waals surface area contributed by atoms with E-state index < -0.39 is 11.8 Å². The number of aromatic nitrogens is 3. The Morgan fingerprint density at radius 3 is 2.84 bits per heavy atom. The predicted octanol–water partition coefficient (Wildman–Crippen LogP) is 3.38. The molecule has 0 bridgehead atoms. The lowest BCUT2D eigenvalue weighted by molar-refractivity contribution is 0.0369. The number of nitrogens with zero attached hydrogens (tertiary/aromatic N) is 3. The minimum Gasteiger partial charge on any atom is -0.493 e. The Hall–Kier alpha value is -2.67. The maximum absolute atomic E-state index is 13.4. The first-order valence-electron chi connectivity index (χ1n) is 7.57. The van der Waals surface area contributed by atoms with Crippen molar-refractivity contribution in [2.24, 2.45) is 0 Å². The topological polar surface area (TPSA) is 76.7 Å². The fraction of sp³-hybridized carbons (Fsp3) is 0.235. The molecule has 25 heavy (non-hydrogen) atoms. The minimum absolute atomic E-state index is 0.0142. The molecule has 8 heteroatoms. The summed E-state index contributed by atoms with van der Waals surface area (Å²) >= 11 is 5.81. The van der Waals surface area contributed by atoms with Crippen LogP contribution in [0.1, 0.15) is 35.5 Å². The average molecular weight is 364 g/mol. The van der Waals surface area contributed by atoms with Crippen molar-refractivity contribution < 1.29 is 19.0 Å². The van der Waals surface area contributed by atoms with Crippen LogP contribution in [0, 0.1) is 5.82 Å². The van der Waals surface area contributed by atoms with E-state index in [1.165, 1.54) is 28.9 Å². The maximum atomic E-state index is 13.4. The molecule has 0 aliphatic carbocycles. The molecule has 0 fully saturated rings. The number of ether oxygens (including phenoxy) is 1. The van der Waals surface area contributed by atoms with Crippen molar-refractivity contribution >= 4 is 23.2 Å². The van der Waals surface area contributed by atoms with Crippen molar-refractivity contribution in [2.75, 3.05) is 0 Å². The third-order valence-corrected chi connectivity index (χ3v) is 3.80. The van der Waals surface area contributed by atoms with Crippen LogP contribution in [0.25, 0.3) is 5.65 Å². The molecule has 0 saturated carbocycles. The van der Waals surface area contributed by atoms with Crippen LogP contribution < -0.4 is 0 Å². The zero-order valence-electron chi connectivity index (χ0n) is 13.5. The van der Waals surface area contributed by atoms with Crippen LogP contribution in [-0.4, -0.2) is 31.8 Å². The van der Waals surface area contributed by atoms with Crippen molar-refractivity contribution in [3.63, 3.8) is 0 Å². The standard InChI is InChI=1S/C17H15ClFN3O3/c1-9(2)25-17(24)15-11(7-10-3-4-13(19)12(18)8-10)16(23)22-14(21-15)5-6-20-22/h3-6,8-9,23H,7H2,1-2H3. The molecule has 0 radical (unpaired) electrons. The van der Waals surface area contributed by atoms with Gasteiger partial charge in [-0.05, 0) is 31.5 Å². The number of halogens is 2. The molecular formula is C17H15ClFN3O3. The van der Waals surface area contributed by atoms with E-state index in [0.717, 1.165) is 0 Å². The summed E-state index contributed by atoms with van der Waals surface area (Å²) in [7, 11) is 0. The second-order valence-electron chi connectivity index (χ2n) is 5.74. The highest BCUT2D eigenvalue weighted by Crippen LogP contribution is 2.27. The number of esters is 1. The highest BCUT2D eigenvalue weighted by Gasteiger charge is 2.23. The predicted molar refractivity (Wildman–Crippen MR) is 89.4 cm³/mol. The highest BCUT2D eigenvalue weighted by atomic mass is 35.5. The van der Waals surface area contributed by atoms with Gasteiger partial charge in [0.15, 0.2) is 11.3 Å². The molecule has 0 saturated heterocycles. The second-order valence-corrected chi connectivity index (χ2v) is 6.15. The maximum Gasteiger partial charge on any atom is 0.357 e. The lowest BCUT2D eigenvalue weighted by Gasteiger charge is -2.13. The lowest BCUT2D eigenvalue weighted by atomic mass is 10.0. The average Bonchev–Trinajstić information content (AvgIpc) is 3.01. The SMILES string of the molecule is CC(C)OC(=O)c1nc2ccnn2c(O)c1Cc1ccc(F)c(Cl)c1. The van der Waals surface area contributed by atoms with Gasteiger partial charge in [0.05, 0.1) is 22.9 Å². The van der Waals surface area contributed by atoms with Crippen molar-refractivity contribution in [3.05, 3.63) is 58.1 Å². The molecule has 1 N–H and O–H groups in total. The zero-order valence-corrected chi connectivity index (χ0v) is 14.3. The first-order chi connectivity index (χ1) is 11.9. The van der Waals surface area contributed by atoms with Gasteiger partial charge in [-0.15, -0.1) is 0 Å². The van der Waals surface area contributed by atoms with Gasteiger partial charge in [-0.25, -0.2) is 14.2 Å². The molecule has 130 valence electrons. The fourth-order valence-electron chi connectivity index (χ4n) is 2.42. The van der Waals surface area contributed by atoms with Crippen LogP contribution in [0.4, 0.5) is 4.39 Å². The second kappa shape index (κ2) is 6.68. The molecule has 0 aliphatic rings. The van der Waals surface area contributed by atoms with E-state index in [0.29, 0.717) is 11.2 Å².